The van der Waals surface area contributed by atoms with Crippen molar-refractivity contribution < 1.29 is 27.5 Å². The number of nitrogens with one attached hydrogen (secondary N) is 1. The number of halogens is 3. The van der Waals surface area contributed by atoms with E-state index in [1.165, 1.54) is 12.1 Å². The van der Waals surface area contributed by atoms with Crippen molar-refractivity contribution in [3.8, 4) is 23.1 Å². The van der Waals surface area contributed by atoms with E-state index < -0.39 is 41.6 Å². The van der Waals surface area contributed by atoms with Crippen LogP contribution < -0.4 is 5.32 Å². The SMILES string of the molecule is N#CC1(NC(=O)COC(=O)c2nc(-c3ccccc3)n(-c3cccc(C(F)(F)F)c3)n2)CCCC1. The summed E-state index contributed by atoms with van der Waals surface area (Å²) in [4.78, 5) is 29.0. The van der Waals surface area contributed by atoms with Gasteiger partial charge < -0.3 is 10.1 Å². The molecule has 0 spiro atoms. The summed E-state index contributed by atoms with van der Waals surface area (Å²) in [5.74, 6) is -1.97. The number of hydrogen-bond acceptors (Lipinski definition) is 6. The van der Waals surface area contributed by atoms with Crippen LogP contribution in [0.3, 0.4) is 0 Å². The van der Waals surface area contributed by atoms with Crippen LogP contribution in [0.15, 0.2) is 54.6 Å². The number of amides is 1. The Hall–Kier alpha value is -4.20. The Morgan fingerprint density at radius 1 is 1.11 bits per heavy atom. The van der Waals surface area contributed by atoms with E-state index in [1.54, 1.807) is 30.3 Å². The van der Waals surface area contributed by atoms with Crippen LogP contribution in [-0.4, -0.2) is 38.8 Å². The van der Waals surface area contributed by atoms with Crippen LogP contribution in [0, 0.1) is 11.3 Å². The zero-order chi connectivity index (χ0) is 25.1. The largest absolute Gasteiger partial charge is 0.450 e. The first-order valence-corrected chi connectivity index (χ1v) is 10.8. The molecule has 35 heavy (non-hydrogen) atoms. The summed E-state index contributed by atoms with van der Waals surface area (Å²) in [7, 11) is 0. The molecule has 8 nitrogen and oxygen atoms in total. The normalized spacial score (nSPS) is 14.8. The number of carbonyl (C=O) groups is 2. The van der Waals surface area contributed by atoms with Crippen LogP contribution >= 0.6 is 0 Å². The van der Waals surface area contributed by atoms with Crippen molar-refractivity contribution in [2.24, 2.45) is 0 Å². The van der Waals surface area contributed by atoms with Gasteiger partial charge in [-0.25, -0.2) is 14.5 Å². The molecule has 0 unspecified atom stereocenters. The van der Waals surface area contributed by atoms with Crippen LogP contribution in [0.5, 0.6) is 0 Å². The topological polar surface area (TPSA) is 110 Å². The van der Waals surface area contributed by atoms with Crippen molar-refractivity contribution in [2.75, 3.05) is 6.61 Å². The molecule has 0 bridgehead atoms. The maximum absolute atomic E-state index is 13.2. The third-order valence-corrected chi connectivity index (χ3v) is 5.62. The second-order valence-electron chi connectivity index (χ2n) is 8.11. The number of nitrogens with zero attached hydrogens (tertiary/aromatic N) is 4. The van der Waals surface area contributed by atoms with Gasteiger partial charge in [-0.3, -0.25) is 4.79 Å². The van der Waals surface area contributed by atoms with Gasteiger partial charge in [0.25, 0.3) is 11.7 Å². The lowest BCUT2D eigenvalue weighted by molar-refractivity contribution is -0.137. The zero-order valence-corrected chi connectivity index (χ0v) is 18.4. The fraction of sp³-hybridized carbons (Fsp3) is 0.292. The fourth-order valence-electron chi connectivity index (χ4n) is 3.91. The number of aromatic nitrogens is 3. The molecule has 1 aliphatic carbocycles. The average molecular weight is 483 g/mol. The molecule has 1 aliphatic rings. The molecule has 0 radical (unpaired) electrons. The Bertz CT molecular complexity index is 1280. The summed E-state index contributed by atoms with van der Waals surface area (Å²) >= 11 is 0. The van der Waals surface area contributed by atoms with E-state index in [-0.39, 0.29) is 11.5 Å². The predicted molar refractivity (Wildman–Crippen MR) is 117 cm³/mol. The molecule has 0 aliphatic heterocycles. The minimum absolute atomic E-state index is 0.0418. The van der Waals surface area contributed by atoms with E-state index in [1.807, 2.05) is 0 Å². The van der Waals surface area contributed by atoms with Crippen molar-refractivity contribution in [1.82, 2.24) is 20.1 Å². The highest BCUT2D eigenvalue weighted by atomic mass is 19.4. The molecule has 1 saturated carbocycles. The zero-order valence-electron chi connectivity index (χ0n) is 18.4. The van der Waals surface area contributed by atoms with Crippen molar-refractivity contribution >= 4 is 11.9 Å². The van der Waals surface area contributed by atoms with Gasteiger partial charge in [-0.15, -0.1) is 5.10 Å². The summed E-state index contributed by atoms with van der Waals surface area (Å²) in [6.45, 7) is -0.652. The van der Waals surface area contributed by atoms with Crippen molar-refractivity contribution in [3.63, 3.8) is 0 Å². The molecule has 1 amide bonds. The Balaban J connectivity index is 1.58. The lowest BCUT2D eigenvalue weighted by Gasteiger charge is -2.21. The van der Waals surface area contributed by atoms with Gasteiger partial charge in [0, 0.05) is 5.56 Å². The first kappa shape index (κ1) is 23.9. The summed E-state index contributed by atoms with van der Waals surface area (Å²) in [6.07, 6.45) is -1.91. The highest BCUT2D eigenvalue weighted by Crippen LogP contribution is 2.31. The molecule has 1 aromatic heterocycles. The van der Waals surface area contributed by atoms with E-state index in [9.17, 15) is 28.0 Å². The minimum atomic E-state index is -4.57. The summed E-state index contributed by atoms with van der Waals surface area (Å²) in [5.41, 5.74) is -1.30. The average Bonchev–Trinajstić information content (AvgIpc) is 3.51. The van der Waals surface area contributed by atoms with Crippen molar-refractivity contribution in [1.29, 1.82) is 5.26 Å². The molecule has 3 aromatic rings. The van der Waals surface area contributed by atoms with Crippen LogP contribution in [0.1, 0.15) is 41.9 Å². The second kappa shape index (κ2) is 9.58. The molecule has 11 heteroatoms. The summed E-state index contributed by atoms with van der Waals surface area (Å²) < 4.78 is 45.9. The minimum Gasteiger partial charge on any atom is -0.450 e. The van der Waals surface area contributed by atoms with Crippen LogP contribution in [0.4, 0.5) is 13.2 Å². The van der Waals surface area contributed by atoms with Gasteiger partial charge in [-0.2, -0.15) is 18.4 Å². The summed E-state index contributed by atoms with van der Waals surface area (Å²) in [5, 5.41) is 16.1. The monoisotopic (exact) mass is 483 g/mol. The molecular formula is C24H20F3N5O3. The van der Waals surface area contributed by atoms with Gasteiger partial charge in [0.2, 0.25) is 0 Å². The number of carbonyl (C=O) groups excluding carboxylic acids is 2. The lowest BCUT2D eigenvalue weighted by atomic mass is 10.00. The number of nitriles is 1. The first-order valence-electron chi connectivity index (χ1n) is 10.8. The number of benzene rings is 2. The molecular weight excluding hydrogens is 463 g/mol. The summed E-state index contributed by atoms with van der Waals surface area (Å²) in [6, 6.07) is 15.1. The first-order chi connectivity index (χ1) is 16.7. The standard InChI is InChI=1S/C24H20F3N5O3/c25-24(26,27)17-9-6-10-18(13-17)32-21(16-7-2-1-3-8-16)29-20(31-32)22(34)35-14-19(33)30-23(15-28)11-4-5-12-23/h1-3,6-10,13H,4-5,11-12,14H2,(H,30,33). The Labute approximate surface area is 198 Å². The maximum Gasteiger partial charge on any atom is 0.416 e. The number of alkyl halides is 3. The van der Waals surface area contributed by atoms with Crippen LogP contribution in [-0.2, 0) is 15.7 Å². The Morgan fingerprint density at radius 2 is 1.83 bits per heavy atom. The highest BCUT2D eigenvalue weighted by molar-refractivity contribution is 5.88. The van der Waals surface area contributed by atoms with E-state index >= 15 is 0 Å². The van der Waals surface area contributed by atoms with Gasteiger partial charge in [0.15, 0.2) is 12.4 Å². The molecule has 1 N–H and O–H groups in total. The smallest absolute Gasteiger partial charge is 0.416 e. The second-order valence-corrected chi connectivity index (χ2v) is 8.11. The molecule has 4 rings (SSSR count). The lowest BCUT2D eigenvalue weighted by Crippen LogP contribution is -2.46. The van der Waals surface area contributed by atoms with Crippen molar-refractivity contribution in [2.45, 2.75) is 37.4 Å². The van der Waals surface area contributed by atoms with Gasteiger partial charge in [0.1, 0.15) is 5.54 Å². The molecule has 1 heterocycles. The molecule has 180 valence electrons. The van der Waals surface area contributed by atoms with Gasteiger partial charge in [-0.1, -0.05) is 36.4 Å². The van der Waals surface area contributed by atoms with Crippen molar-refractivity contribution in [3.05, 3.63) is 66.0 Å². The van der Waals surface area contributed by atoms with E-state index in [0.29, 0.717) is 18.4 Å². The van der Waals surface area contributed by atoms with E-state index in [4.69, 9.17) is 4.74 Å². The number of ether oxygens (including phenoxy) is 1. The van der Waals surface area contributed by atoms with Crippen LogP contribution in [0.25, 0.3) is 17.1 Å². The fourth-order valence-corrected chi connectivity index (χ4v) is 3.91. The Morgan fingerprint density at radius 3 is 2.49 bits per heavy atom. The van der Waals surface area contributed by atoms with Gasteiger partial charge in [0.05, 0.1) is 17.3 Å². The van der Waals surface area contributed by atoms with E-state index in [0.717, 1.165) is 29.7 Å². The third kappa shape index (κ3) is 5.32. The number of esters is 1. The quantitative estimate of drug-likeness (QED) is 0.530. The third-order valence-electron chi connectivity index (χ3n) is 5.62. The number of rotatable bonds is 6. The van der Waals surface area contributed by atoms with Crippen LogP contribution in [0.2, 0.25) is 0 Å². The maximum atomic E-state index is 13.2. The van der Waals surface area contributed by atoms with Gasteiger partial charge >= 0.3 is 12.1 Å². The Kier molecular flexibility index (Phi) is 6.55. The molecule has 1 fully saturated rings. The van der Waals surface area contributed by atoms with E-state index in [2.05, 4.69) is 21.5 Å². The molecule has 0 saturated heterocycles. The number of hydrogen-bond donors (Lipinski definition) is 1. The highest BCUT2D eigenvalue weighted by Gasteiger charge is 2.36. The molecule has 2 aromatic carbocycles. The molecule has 0 atom stereocenters. The predicted octanol–water partition coefficient (Wildman–Crippen LogP) is 4.06. The van der Waals surface area contributed by atoms with Gasteiger partial charge in [-0.05, 0) is 43.9 Å².